The average molecular weight is 301 g/mol. The third-order valence-electron chi connectivity index (χ3n) is 2.56. The highest BCUT2D eigenvalue weighted by molar-refractivity contribution is 7.20. The molecule has 6 heteroatoms. The molecule has 0 atom stereocenters. The molecule has 0 aliphatic heterocycles. The fraction of sp³-hybridized carbons (Fsp3) is 0.0714. The maximum Gasteiger partial charge on any atom is 0.231 e. The Morgan fingerprint density at radius 1 is 1.20 bits per heavy atom. The van der Waals surface area contributed by atoms with Crippen LogP contribution in [0, 0.1) is 0 Å². The lowest BCUT2D eigenvalue weighted by Crippen LogP contribution is -2.15. The van der Waals surface area contributed by atoms with Gasteiger partial charge in [-0.05, 0) is 23.6 Å². The van der Waals surface area contributed by atoms with E-state index in [1.165, 1.54) is 0 Å². The number of anilines is 1. The first kappa shape index (κ1) is 13.0. The average Bonchev–Trinajstić information content (AvgIpc) is 3.10. The Labute approximate surface area is 124 Å². The standard InChI is InChI=1S/C14H11N3OS2/c18-13(17-12-5-1-2-6-15-12)8-10-9-20-14(16-10)11-4-3-7-19-11/h1-7,9H,8H2,(H,15,17,18). The third kappa shape index (κ3) is 3.09. The maximum atomic E-state index is 11.9. The first-order valence-electron chi connectivity index (χ1n) is 6.00. The van der Waals surface area contributed by atoms with Crippen LogP contribution in [0.2, 0.25) is 0 Å². The van der Waals surface area contributed by atoms with Crippen molar-refractivity contribution >= 4 is 34.4 Å². The van der Waals surface area contributed by atoms with E-state index in [0.717, 1.165) is 15.6 Å². The predicted octanol–water partition coefficient (Wildman–Crippen LogP) is 3.45. The van der Waals surface area contributed by atoms with Gasteiger partial charge in [0.05, 0.1) is 17.0 Å². The molecule has 0 radical (unpaired) electrons. The molecule has 1 N–H and O–H groups in total. The molecule has 0 saturated carbocycles. The molecule has 0 bridgehead atoms. The van der Waals surface area contributed by atoms with Gasteiger partial charge in [0.15, 0.2) is 0 Å². The van der Waals surface area contributed by atoms with Crippen LogP contribution in [0.1, 0.15) is 5.69 Å². The Kier molecular flexibility index (Phi) is 3.85. The summed E-state index contributed by atoms with van der Waals surface area (Å²) in [6, 6.07) is 9.43. The number of nitrogens with zero attached hydrogens (tertiary/aromatic N) is 2. The summed E-state index contributed by atoms with van der Waals surface area (Å²) in [4.78, 5) is 21.6. The zero-order chi connectivity index (χ0) is 13.8. The van der Waals surface area contributed by atoms with Crippen LogP contribution >= 0.6 is 22.7 Å². The van der Waals surface area contributed by atoms with Gasteiger partial charge in [-0.25, -0.2) is 9.97 Å². The van der Waals surface area contributed by atoms with Crippen molar-refractivity contribution in [1.82, 2.24) is 9.97 Å². The minimum atomic E-state index is -0.105. The van der Waals surface area contributed by atoms with Gasteiger partial charge >= 0.3 is 0 Å². The number of pyridine rings is 1. The van der Waals surface area contributed by atoms with Gasteiger partial charge in [-0.2, -0.15) is 0 Å². The van der Waals surface area contributed by atoms with Gasteiger partial charge in [-0.15, -0.1) is 22.7 Å². The van der Waals surface area contributed by atoms with Crippen LogP contribution in [0.3, 0.4) is 0 Å². The molecule has 0 unspecified atom stereocenters. The van der Waals surface area contributed by atoms with Crippen LogP contribution in [-0.4, -0.2) is 15.9 Å². The number of hydrogen-bond donors (Lipinski definition) is 1. The molecule has 0 aromatic carbocycles. The first-order chi connectivity index (χ1) is 9.81. The monoisotopic (exact) mass is 301 g/mol. The van der Waals surface area contributed by atoms with E-state index in [9.17, 15) is 4.79 Å². The molecule has 20 heavy (non-hydrogen) atoms. The maximum absolute atomic E-state index is 11.9. The largest absolute Gasteiger partial charge is 0.310 e. The van der Waals surface area contributed by atoms with Gasteiger partial charge < -0.3 is 5.32 Å². The van der Waals surface area contributed by atoms with Crippen molar-refractivity contribution in [2.75, 3.05) is 5.32 Å². The smallest absolute Gasteiger partial charge is 0.231 e. The first-order valence-corrected chi connectivity index (χ1v) is 7.76. The summed E-state index contributed by atoms with van der Waals surface area (Å²) >= 11 is 3.21. The molecule has 0 spiro atoms. The lowest BCUT2D eigenvalue weighted by Gasteiger charge is -2.01. The summed E-state index contributed by atoms with van der Waals surface area (Å²) in [5.74, 6) is 0.456. The zero-order valence-electron chi connectivity index (χ0n) is 10.4. The fourth-order valence-corrected chi connectivity index (χ4v) is 3.32. The van der Waals surface area contributed by atoms with Gasteiger partial charge in [0.1, 0.15) is 10.8 Å². The van der Waals surface area contributed by atoms with E-state index in [-0.39, 0.29) is 12.3 Å². The molecule has 3 aromatic heterocycles. The number of rotatable bonds is 4. The Balaban J connectivity index is 1.65. The second-order valence-corrected chi connectivity index (χ2v) is 5.87. The Hall–Kier alpha value is -2.05. The van der Waals surface area contributed by atoms with Crippen LogP contribution in [0.4, 0.5) is 5.82 Å². The van der Waals surface area contributed by atoms with Crippen molar-refractivity contribution in [3.05, 3.63) is 53.0 Å². The lowest BCUT2D eigenvalue weighted by molar-refractivity contribution is -0.115. The molecule has 3 aromatic rings. The number of thiazole rings is 1. The number of carbonyl (C=O) groups is 1. The van der Waals surface area contributed by atoms with E-state index in [0.29, 0.717) is 5.82 Å². The highest BCUT2D eigenvalue weighted by Gasteiger charge is 2.10. The quantitative estimate of drug-likeness (QED) is 0.803. The van der Waals surface area contributed by atoms with Crippen molar-refractivity contribution in [2.24, 2.45) is 0 Å². The van der Waals surface area contributed by atoms with Crippen LogP contribution < -0.4 is 5.32 Å². The van der Waals surface area contributed by atoms with Gasteiger partial charge in [0, 0.05) is 11.6 Å². The summed E-state index contributed by atoms with van der Waals surface area (Å²) in [7, 11) is 0. The molecular formula is C14H11N3OS2. The minimum Gasteiger partial charge on any atom is -0.310 e. The molecule has 0 fully saturated rings. The van der Waals surface area contributed by atoms with Gasteiger partial charge in [0.2, 0.25) is 5.91 Å². The number of carbonyl (C=O) groups excluding carboxylic acids is 1. The zero-order valence-corrected chi connectivity index (χ0v) is 12.1. The summed E-state index contributed by atoms with van der Waals surface area (Å²) in [5, 5.41) is 7.65. The van der Waals surface area contributed by atoms with E-state index >= 15 is 0 Å². The fourth-order valence-electron chi connectivity index (χ4n) is 1.69. The molecule has 1 amide bonds. The SMILES string of the molecule is O=C(Cc1csc(-c2cccs2)n1)Nc1ccccn1. The van der Waals surface area contributed by atoms with E-state index < -0.39 is 0 Å². The number of aromatic nitrogens is 2. The Morgan fingerprint density at radius 3 is 2.90 bits per heavy atom. The lowest BCUT2D eigenvalue weighted by atomic mass is 10.3. The Morgan fingerprint density at radius 2 is 2.15 bits per heavy atom. The second-order valence-electron chi connectivity index (χ2n) is 4.06. The number of amides is 1. The molecule has 4 nitrogen and oxygen atoms in total. The molecule has 0 saturated heterocycles. The topological polar surface area (TPSA) is 54.9 Å². The van der Waals surface area contributed by atoms with E-state index in [2.05, 4.69) is 15.3 Å². The van der Waals surface area contributed by atoms with Gasteiger partial charge in [0.25, 0.3) is 0 Å². The number of nitrogens with one attached hydrogen (secondary N) is 1. The Bertz CT molecular complexity index is 692. The van der Waals surface area contributed by atoms with Crippen molar-refractivity contribution in [3.8, 4) is 9.88 Å². The molecular weight excluding hydrogens is 290 g/mol. The van der Waals surface area contributed by atoms with Gasteiger partial charge in [-0.1, -0.05) is 12.1 Å². The molecule has 0 aliphatic carbocycles. The highest BCUT2D eigenvalue weighted by Crippen LogP contribution is 2.27. The van der Waals surface area contributed by atoms with Crippen LogP contribution in [0.5, 0.6) is 0 Å². The van der Waals surface area contributed by atoms with Crippen molar-refractivity contribution in [1.29, 1.82) is 0 Å². The van der Waals surface area contributed by atoms with Crippen LogP contribution in [-0.2, 0) is 11.2 Å². The minimum absolute atomic E-state index is 0.105. The normalized spacial score (nSPS) is 10.4. The van der Waals surface area contributed by atoms with Crippen LogP contribution in [0.25, 0.3) is 9.88 Å². The van der Waals surface area contributed by atoms with Crippen molar-refractivity contribution < 1.29 is 4.79 Å². The van der Waals surface area contributed by atoms with E-state index in [1.54, 1.807) is 34.9 Å². The summed E-state index contributed by atoms with van der Waals surface area (Å²) in [6.07, 6.45) is 1.91. The number of thiophene rings is 1. The highest BCUT2D eigenvalue weighted by atomic mass is 32.1. The van der Waals surface area contributed by atoms with Gasteiger partial charge in [-0.3, -0.25) is 4.79 Å². The number of hydrogen-bond acceptors (Lipinski definition) is 5. The van der Waals surface area contributed by atoms with E-state index in [4.69, 9.17) is 0 Å². The second kappa shape index (κ2) is 5.94. The molecule has 3 rings (SSSR count). The van der Waals surface area contributed by atoms with Crippen molar-refractivity contribution in [3.63, 3.8) is 0 Å². The summed E-state index contributed by atoms with van der Waals surface area (Å²) in [5.41, 5.74) is 0.784. The van der Waals surface area contributed by atoms with E-state index in [1.807, 2.05) is 35.0 Å². The predicted molar refractivity (Wildman–Crippen MR) is 82.0 cm³/mol. The summed E-state index contributed by atoms with van der Waals surface area (Å²) in [6.45, 7) is 0. The molecule has 100 valence electrons. The van der Waals surface area contributed by atoms with Crippen molar-refractivity contribution in [2.45, 2.75) is 6.42 Å². The summed E-state index contributed by atoms with van der Waals surface area (Å²) < 4.78 is 0. The van der Waals surface area contributed by atoms with Crippen LogP contribution in [0.15, 0.2) is 47.3 Å². The molecule has 3 heterocycles. The molecule has 0 aliphatic rings. The third-order valence-corrected chi connectivity index (χ3v) is 4.49.